The van der Waals surface area contributed by atoms with Gasteiger partial charge in [-0.1, -0.05) is 254 Å². The fraction of sp³-hybridized carbons (Fsp3) is 0.773. The first kappa shape index (κ1) is 68.8. The van der Waals surface area contributed by atoms with Crippen LogP contribution in [0.25, 0.3) is 0 Å². The highest BCUT2D eigenvalue weighted by Crippen LogP contribution is 2.16. The third-order valence-electron chi connectivity index (χ3n) is 13.4. The molecule has 1 unspecified atom stereocenters. The summed E-state index contributed by atoms with van der Waals surface area (Å²) in [5.74, 6) is -0.934. The molecule has 0 radical (unpaired) electrons. The van der Waals surface area contributed by atoms with E-state index in [1.165, 1.54) is 180 Å². The molecule has 0 saturated carbocycles. The topological polar surface area (TPSA) is 78.9 Å². The van der Waals surface area contributed by atoms with E-state index in [1.54, 1.807) is 0 Å². The van der Waals surface area contributed by atoms with E-state index in [9.17, 15) is 14.4 Å². The van der Waals surface area contributed by atoms with Crippen LogP contribution >= 0.6 is 0 Å². The highest BCUT2D eigenvalue weighted by Gasteiger charge is 2.19. The van der Waals surface area contributed by atoms with E-state index >= 15 is 0 Å². The van der Waals surface area contributed by atoms with Crippen molar-refractivity contribution in [2.24, 2.45) is 0 Å². The molecule has 416 valence electrons. The summed E-state index contributed by atoms with van der Waals surface area (Å²) in [7, 11) is 0. The molecular formula is C66H116O6. The molecule has 0 rings (SSSR count). The van der Waals surface area contributed by atoms with Gasteiger partial charge >= 0.3 is 17.9 Å². The predicted molar refractivity (Wildman–Crippen MR) is 311 cm³/mol. The summed E-state index contributed by atoms with van der Waals surface area (Å²) in [5.41, 5.74) is 0. The number of carbonyl (C=O) groups is 3. The summed E-state index contributed by atoms with van der Waals surface area (Å²) in [6.07, 6.45) is 77.7. The first-order valence-corrected chi connectivity index (χ1v) is 30.9. The summed E-state index contributed by atoms with van der Waals surface area (Å²) >= 11 is 0. The highest BCUT2D eigenvalue weighted by molar-refractivity contribution is 5.71. The number of unbranched alkanes of at least 4 members (excludes halogenated alkanes) is 33. The molecule has 6 nitrogen and oxygen atoms in total. The standard InChI is InChI=1S/C66H116O6/c1-4-7-10-13-16-19-22-25-28-29-30-31-32-33-34-35-36-37-39-41-44-47-50-53-56-59-65(68)71-62-63(61-70-64(67)58-55-52-49-46-43-40-27-24-21-18-15-12-9-6-3)72-66(69)60-57-54-51-48-45-42-38-26-23-20-17-14-11-8-5-2/h8,11,17,20,24,26-27,29-30,38,45,48,63H,4-7,9-10,12-16,18-19,21-23,25,28,31-37,39-44,46-47,49-62H2,1-3H3/b11-8-,20-17-,27-24-,30-29-,38-26-,48-45-. The lowest BCUT2D eigenvalue weighted by atomic mass is 10.0. The van der Waals surface area contributed by atoms with Crippen LogP contribution in [0.5, 0.6) is 0 Å². The van der Waals surface area contributed by atoms with Gasteiger partial charge in [-0.05, 0) is 109 Å². The van der Waals surface area contributed by atoms with Gasteiger partial charge in [0.2, 0.25) is 0 Å². The lowest BCUT2D eigenvalue weighted by Crippen LogP contribution is -2.30. The molecule has 0 saturated heterocycles. The fourth-order valence-corrected chi connectivity index (χ4v) is 8.78. The van der Waals surface area contributed by atoms with Crippen molar-refractivity contribution in [3.8, 4) is 0 Å². The van der Waals surface area contributed by atoms with E-state index in [-0.39, 0.29) is 37.5 Å². The molecule has 0 heterocycles. The minimum absolute atomic E-state index is 0.0934. The van der Waals surface area contributed by atoms with Crippen molar-refractivity contribution >= 4 is 17.9 Å². The van der Waals surface area contributed by atoms with Gasteiger partial charge in [0.25, 0.3) is 0 Å². The molecule has 1 atom stereocenters. The van der Waals surface area contributed by atoms with Gasteiger partial charge in [0.15, 0.2) is 6.10 Å². The minimum Gasteiger partial charge on any atom is -0.462 e. The summed E-state index contributed by atoms with van der Waals surface area (Å²) in [6.45, 7) is 6.50. The van der Waals surface area contributed by atoms with Crippen molar-refractivity contribution in [3.05, 3.63) is 72.9 Å². The van der Waals surface area contributed by atoms with Crippen LogP contribution in [0, 0.1) is 0 Å². The molecule has 6 heteroatoms. The fourth-order valence-electron chi connectivity index (χ4n) is 8.78. The number of hydrogen-bond donors (Lipinski definition) is 0. The number of carbonyl (C=O) groups excluding carboxylic acids is 3. The van der Waals surface area contributed by atoms with Gasteiger partial charge in [-0.25, -0.2) is 0 Å². The SMILES string of the molecule is CC/C=C\C/C=C\C/C=C\C/C=C\CCCCC(=O)OC(COC(=O)CCCCCCC/C=C\CCCCCCC)COC(=O)CCCCCCCCCCCCCCC/C=C\CCCCCCCCCC. The second-order valence-electron chi connectivity index (χ2n) is 20.6. The molecule has 0 N–H and O–H groups in total. The second-order valence-corrected chi connectivity index (χ2v) is 20.6. The Morgan fingerprint density at radius 1 is 0.292 bits per heavy atom. The monoisotopic (exact) mass is 1000 g/mol. The first-order chi connectivity index (χ1) is 35.5. The normalized spacial score (nSPS) is 12.5. The Hall–Kier alpha value is -3.15. The van der Waals surface area contributed by atoms with Crippen LogP contribution in [0.15, 0.2) is 72.9 Å². The van der Waals surface area contributed by atoms with E-state index in [4.69, 9.17) is 14.2 Å². The van der Waals surface area contributed by atoms with Crippen molar-refractivity contribution in [2.75, 3.05) is 13.2 Å². The predicted octanol–water partition coefficient (Wildman–Crippen LogP) is 20.9. The van der Waals surface area contributed by atoms with E-state index in [1.807, 2.05) is 0 Å². The van der Waals surface area contributed by atoms with Crippen LogP contribution in [-0.2, 0) is 28.6 Å². The van der Waals surface area contributed by atoms with Crippen LogP contribution in [0.4, 0.5) is 0 Å². The Morgan fingerprint density at radius 2 is 0.542 bits per heavy atom. The van der Waals surface area contributed by atoms with E-state index in [0.29, 0.717) is 19.3 Å². The molecule has 0 aromatic rings. The summed E-state index contributed by atoms with van der Waals surface area (Å²) in [6, 6.07) is 0. The average Bonchev–Trinajstić information content (AvgIpc) is 3.38. The minimum atomic E-state index is -0.800. The number of hydrogen-bond acceptors (Lipinski definition) is 6. The zero-order valence-corrected chi connectivity index (χ0v) is 47.7. The van der Waals surface area contributed by atoms with Crippen molar-refractivity contribution < 1.29 is 28.6 Å². The number of allylic oxidation sites excluding steroid dienone is 12. The zero-order chi connectivity index (χ0) is 52.2. The third-order valence-corrected chi connectivity index (χ3v) is 13.4. The molecule has 72 heavy (non-hydrogen) atoms. The van der Waals surface area contributed by atoms with Crippen LogP contribution in [-0.4, -0.2) is 37.2 Å². The highest BCUT2D eigenvalue weighted by atomic mass is 16.6. The maximum absolute atomic E-state index is 12.8. The summed E-state index contributed by atoms with van der Waals surface area (Å²) in [4.78, 5) is 38.2. The van der Waals surface area contributed by atoms with E-state index < -0.39 is 6.10 Å². The van der Waals surface area contributed by atoms with Crippen LogP contribution in [0.3, 0.4) is 0 Å². The maximum Gasteiger partial charge on any atom is 0.306 e. The molecule has 0 aromatic heterocycles. The molecule has 0 aliphatic rings. The van der Waals surface area contributed by atoms with Crippen LogP contribution in [0.1, 0.15) is 310 Å². The Labute approximate surface area is 446 Å². The molecule has 0 aliphatic carbocycles. The van der Waals surface area contributed by atoms with E-state index in [2.05, 4.69) is 93.7 Å². The smallest absolute Gasteiger partial charge is 0.306 e. The van der Waals surface area contributed by atoms with Gasteiger partial charge in [0.05, 0.1) is 0 Å². The average molecular weight is 1010 g/mol. The molecule has 0 fully saturated rings. The third kappa shape index (κ3) is 57.7. The second kappa shape index (κ2) is 60.4. The molecule has 0 aromatic carbocycles. The Morgan fingerprint density at radius 3 is 0.889 bits per heavy atom. The van der Waals surface area contributed by atoms with Gasteiger partial charge < -0.3 is 14.2 Å². The Kier molecular flexibility index (Phi) is 57.8. The lowest BCUT2D eigenvalue weighted by Gasteiger charge is -2.18. The van der Waals surface area contributed by atoms with Gasteiger partial charge in [-0.2, -0.15) is 0 Å². The van der Waals surface area contributed by atoms with Crippen LogP contribution in [0.2, 0.25) is 0 Å². The number of esters is 3. The first-order valence-electron chi connectivity index (χ1n) is 30.9. The largest absolute Gasteiger partial charge is 0.462 e. The van der Waals surface area contributed by atoms with Gasteiger partial charge in [-0.15, -0.1) is 0 Å². The van der Waals surface area contributed by atoms with Crippen LogP contribution < -0.4 is 0 Å². The van der Waals surface area contributed by atoms with Gasteiger partial charge in [0, 0.05) is 19.3 Å². The molecule has 0 bridgehead atoms. The van der Waals surface area contributed by atoms with Crippen molar-refractivity contribution in [2.45, 2.75) is 316 Å². The van der Waals surface area contributed by atoms with E-state index in [0.717, 1.165) is 83.5 Å². The number of ether oxygens (including phenoxy) is 3. The Balaban J connectivity index is 4.31. The Bertz CT molecular complexity index is 1340. The van der Waals surface area contributed by atoms with Gasteiger partial charge in [-0.3, -0.25) is 14.4 Å². The molecule has 0 spiro atoms. The van der Waals surface area contributed by atoms with Crippen molar-refractivity contribution in [1.29, 1.82) is 0 Å². The summed E-state index contributed by atoms with van der Waals surface area (Å²) < 4.78 is 16.9. The molecule has 0 amide bonds. The number of rotatable bonds is 56. The molecular weight excluding hydrogens is 889 g/mol. The van der Waals surface area contributed by atoms with Crippen molar-refractivity contribution in [3.63, 3.8) is 0 Å². The lowest BCUT2D eigenvalue weighted by molar-refractivity contribution is -0.167. The molecule has 0 aliphatic heterocycles. The zero-order valence-electron chi connectivity index (χ0n) is 47.7. The van der Waals surface area contributed by atoms with Gasteiger partial charge in [0.1, 0.15) is 13.2 Å². The quantitative estimate of drug-likeness (QED) is 0.0261. The van der Waals surface area contributed by atoms with Crippen molar-refractivity contribution in [1.82, 2.24) is 0 Å². The summed E-state index contributed by atoms with van der Waals surface area (Å²) in [5, 5.41) is 0. The maximum atomic E-state index is 12.8.